The van der Waals surface area contributed by atoms with E-state index in [0.29, 0.717) is 22.4 Å². The fraction of sp³-hybridized carbons (Fsp3) is 0.286. The summed E-state index contributed by atoms with van der Waals surface area (Å²) in [7, 11) is 0. The lowest BCUT2D eigenvalue weighted by Gasteiger charge is -2.15. The third-order valence-electron chi connectivity index (χ3n) is 4.36. The minimum absolute atomic E-state index is 0.124. The first-order valence-corrected chi connectivity index (χ1v) is 10.7. The van der Waals surface area contributed by atoms with Crippen molar-refractivity contribution in [1.29, 1.82) is 0 Å². The van der Waals surface area contributed by atoms with E-state index in [2.05, 4.69) is 15.5 Å². The fourth-order valence-corrected chi connectivity index (χ4v) is 3.80. The van der Waals surface area contributed by atoms with Crippen LogP contribution in [0.1, 0.15) is 31.3 Å². The molecule has 0 aliphatic rings. The van der Waals surface area contributed by atoms with E-state index in [1.54, 1.807) is 6.07 Å². The number of amides is 1. The molecule has 0 aliphatic heterocycles. The van der Waals surface area contributed by atoms with Crippen LogP contribution in [0.4, 0.5) is 5.69 Å². The molecule has 3 aromatic rings. The van der Waals surface area contributed by atoms with Crippen molar-refractivity contribution in [3.05, 3.63) is 64.9 Å². The third-order valence-corrected chi connectivity index (χ3v) is 5.73. The molecule has 0 aliphatic carbocycles. The van der Waals surface area contributed by atoms with E-state index in [0.717, 1.165) is 17.1 Å². The molecule has 0 spiro atoms. The Balaban J connectivity index is 1.64. The Hall–Kier alpha value is -2.51. The van der Waals surface area contributed by atoms with Gasteiger partial charge in [-0.05, 0) is 50.6 Å². The van der Waals surface area contributed by atoms with Crippen LogP contribution >= 0.6 is 23.4 Å². The molecule has 1 atom stereocenters. The van der Waals surface area contributed by atoms with Gasteiger partial charge >= 0.3 is 0 Å². The molecule has 2 aromatic carbocycles. The topological polar surface area (TPSA) is 69.0 Å². The summed E-state index contributed by atoms with van der Waals surface area (Å²) in [4.78, 5) is 12.4. The lowest BCUT2D eigenvalue weighted by Crippen LogP contribution is -2.16. The number of hydrogen-bond donors (Lipinski definition) is 1. The number of para-hydroxylation sites is 1. The van der Waals surface area contributed by atoms with Crippen molar-refractivity contribution in [3.8, 4) is 5.75 Å². The number of ether oxygens (including phenoxy) is 1. The van der Waals surface area contributed by atoms with Gasteiger partial charge in [-0.3, -0.25) is 4.79 Å². The van der Waals surface area contributed by atoms with Gasteiger partial charge in [-0.15, -0.1) is 10.2 Å². The van der Waals surface area contributed by atoms with Gasteiger partial charge in [0.05, 0.1) is 5.75 Å². The molecule has 3 rings (SSSR count). The number of nitrogens with one attached hydrogen (secondary N) is 1. The maximum absolute atomic E-state index is 12.4. The lowest BCUT2D eigenvalue weighted by molar-refractivity contribution is -0.113. The van der Waals surface area contributed by atoms with Gasteiger partial charge in [-0.2, -0.15) is 0 Å². The summed E-state index contributed by atoms with van der Waals surface area (Å²) in [5, 5.41) is 12.7. The molecule has 6 nitrogen and oxygen atoms in total. The van der Waals surface area contributed by atoms with E-state index in [4.69, 9.17) is 16.3 Å². The molecular formula is C21H23ClN4O2S. The normalized spacial score (nSPS) is 11.9. The Bertz CT molecular complexity index is 978. The van der Waals surface area contributed by atoms with E-state index in [-0.39, 0.29) is 17.8 Å². The average Bonchev–Trinajstić information content (AvgIpc) is 3.14. The molecule has 152 valence electrons. The standard InChI is InChI=1S/C21H23ClN4O2S/c1-4-26-20(15(3)28-16-9-6-5-7-10-16)24-25-21(26)29-13-19(27)23-18-12-8-11-17(22)14(18)2/h5-12,15H,4,13H2,1-3H3,(H,23,27)/t15-/m0/s1. The van der Waals surface area contributed by atoms with Gasteiger partial charge in [-0.1, -0.05) is 47.6 Å². The highest BCUT2D eigenvalue weighted by atomic mass is 35.5. The Morgan fingerprint density at radius 3 is 2.69 bits per heavy atom. The minimum atomic E-state index is -0.262. The molecule has 1 N–H and O–H groups in total. The number of halogens is 1. The van der Waals surface area contributed by atoms with E-state index < -0.39 is 0 Å². The first kappa shape index (κ1) is 21.2. The molecule has 0 saturated heterocycles. The summed E-state index contributed by atoms with van der Waals surface area (Å²) in [5.74, 6) is 1.60. The number of benzene rings is 2. The second-order valence-corrected chi connectivity index (χ2v) is 7.76. The van der Waals surface area contributed by atoms with Crippen LogP contribution in [0.25, 0.3) is 0 Å². The van der Waals surface area contributed by atoms with E-state index in [1.807, 2.05) is 67.8 Å². The smallest absolute Gasteiger partial charge is 0.234 e. The average molecular weight is 431 g/mol. The molecule has 0 radical (unpaired) electrons. The summed E-state index contributed by atoms with van der Waals surface area (Å²) < 4.78 is 7.93. The van der Waals surface area contributed by atoms with Crippen LogP contribution in [-0.4, -0.2) is 26.4 Å². The molecule has 1 heterocycles. The molecular weight excluding hydrogens is 408 g/mol. The number of carbonyl (C=O) groups excluding carboxylic acids is 1. The van der Waals surface area contributed by atoms with Gasteiger partial charge in [0.15, 0.2) is 17.1 Å². The summed E-state index contributed by atoms with van der Waals surface area (Å²) >= 11 is 7.45. The SMILES string of the molecule is CCn1c(SCC(=O)Nc2cccc(Cl)c2C)nnc1[C@H](C)Oc1ccccc1. The molecule has 8 heteroatoms. The molecule has 1 aromatic heterocycles. The number of rotatable bonds is 8. The predicted molar refractivity (Wildman–Crippen MR) is 117 cm³/mol. The van der Waals surface area contributed by atoms with Crippen molar-refractivity contribution in [1.82, 2.24) is 14.8 Å². The van der Waals surface area contributed by atoms with Crippen molar-refractivity contribution in [2.45, 2.75) is 38.6 Å². The Morgan fingerprint density at radius 1 is 1.21 bits per heavy atom. The highest BCUT2D eigenvalue weighted by molar-refractivity contribution is 7.99. The van der Waals surface area contributed by atoms with Gasteiger partial charge in [0.25, 0.3) is 0 Å². The van der Waals surface area contributed by atoms with Crippen LogP contribution in [0.3, 0.4) is 0 Å². The van der Waals surface area contributed by atoms with Crippen LogP contribution in [0.15, 0.2) is 53.7 Å². The van der Waals surface area contributed by atoms with Crippen molar-refractivity contribution < 1.29 is 9.53 Å². The van der Waals surface area contributed by atoms with Crippen LogP contribution in [0, 0.1) is 6.92 Å². The number of carbonyl (C=O) groups is 1. The molecule has 0 fully saturated rings. The second kappa shape index (κ2) is 9.80. The highest BCUT2D eigenvalue weighted by Crippen LogP contribution is 2.26. The van der Waals surface area contributed by atoms with Crippen LogP contribution in [-0.2, 0) is 11.3 Å². The van der Waals surface area contributed by atoms with Crippen LogP contribution in [0.2, 0.25) is 5.02 Å². The number of hydrogen-bond acceptors (Lipinski definition) is 5. The van der Waals surface area contributed by atoms with Crippen LogP contribution < -0.4 is 10.1 Å². The quantitative estimate of drug-likeness (QED) is 0.501. The third kappa shape index (κ3) is 5.31. The molecule has 0 saturated carbocycles. The number of nitrogens with zero attached hydrogens (tertiary/aromatic N) is 3. The number of anilines is 1. The van der Waals surface area contributed by atoms with Gasteiger partial charge in [0.2, 0.25) is 5.91 Å². The molecule has 29 heavy (non-hydrogen) atoms. The number of aromatic nitrogens is 3. The first-order chi connectivity index (χ1) is 14.0. The summed E-state index contributed by atoms with van der Waals surface area (Å²) in [6, 6.07) is 15.0. The summed E-state index contributed by atoms with van der Waals surface area (Å²) in [6.07, 6.45) is -0.262. The van der Waals surface area contributed by atoms with Crippen molar-refractivity contribution in [2.75, 3.05) is 11.1 Å². The largest absolute Gasteiger partial charge is 0.483 e. The maximum Gasteiger partial charge on any atom is 0.234 e. The molecule has 1 amide bonds. The maximum atomic E-state index is 12.4. The second-order valence-electron chi connectivity index (χ2n) is 6.41. The Labute approximate surface area is 179 Å². The highest BCUT2D eigenvalue weighted by Gasteiger charge is 2.19. The van der Waals surface area contributed by atoms with E-state index in [9.17, 15) is 4.79 Å². The zero-order chi connectivity index (χ0) is 20.8. The van der Waals surface area contributed by atoms with Crippen LogP contribution in [0.5, 0.6) is 5.75 Å². The van der Waals surface area contributed by atoms with Gasteiger partial charge in [-0.25, -0.2) is 0 Å². The lowest BCUT2D eigenvalue weighted by atomic mass is 10.2. The van der Waals surface area contributed by atoms with Crippen molar-refractivity contribution in [2.24, 2.45) is 0 Å². The van der Waals surface area contributed by atoms with Crippen molar-refractivity contribution >= 4 is 35.0 Å². The molecule has 0 unspecified atom stereocenters. The monoisotopic (exact) mass is 430 g/mol. The minimum Gasteiger partial charge on any atom is -0.483 e. The summed E-state index contributed by atoms with van der Waals surface area (Å²) in [6.45, 7) is 6.51. The molecule has 0 bridgehead atoms. The zero-order valence-corrected chi connectivity index (χ0v) is 18.1. The van der Waals surface area contributed by atoms with Gasteiger partial charge in [0.1, 0.15) is 5.75 Å². The van der Waals surface area contributed by atoms with E-state index in [1.165, 1.54) is 11.8 Å². The zero-order valence-electron chi connectivity index (χ0n) is 16.6. The van der Waals surface area contributed by atoms with Gasteiger partial charge in [0, 0.05) is 17.3 Å². The number of thioether (sulfide) groups is 1. The van der Waals surface area contributed by atoms with E-state index >= 15 is 0 Å². The van der Waals surface area contributed by atoms with Gasteiger partial charge < -0.3 is 14.6 Å². The van der Waals surface area contributed by atoms with Crippen molar-refractivity contribution in [3.63, 3.8) is 0 Å². The first-order valence-electron chi connectivity index (χ1n) is 9.32. The predicted octanol–water partition coefficient (Wildman–Crippen LogP) is 5.13. The fourth-order valence-electron chi connectivity index (χ4n) is 2.82. The Kier molecular flexibility index (Phi) is 7.17. The Morgan fingerprint density at radius 2 is 1.97 bits per heavy atom. The summed E-state index contributed by atoms with van der Waals surface area (Å²) in [5.41, 5.74) is 1.56.